The molecule has 0 fully saturated rings. The van der Waals surface area contributed by atoms with Gasteiger partial charge in [-0.15, -0.1) is 0 Å². The molecule has 0 aliphatic carbocycles. The summed E-state index contributed by atoms with van der Waals surface area (Å²) in [7, 11) is 0. The van der Waals surface area contributed by atoms with Gasteiger partial charge >= 0.3 is 6.18 Å². The van der Waals surface area contributed by atoms with Crippen LogP contribution in [-0.4, -0.2) is 25.9 Å². The minimum Gasteiger partial charge on any atom is -0.372 e. The molecule has 0 bridgehead atoms. The molecule has 80 valence electrons. The lowest BCUT2D eigenvalue weighted by molar-refractivity contribution is -0.174. The first-order chi connectivity index (χ1) is 6.06. The first kappa shape index (κ1) is 12.7. The number of nitrogens with two attached hydrogens (primary N) is 1. The fraction of sp³-hybridized carbons (Fsp3) is 1.00. The highest BCUT2D eigenvalue weighted by molar-refractivity contribution is 4.47. The van der Waals surface area contributed by atoms with Crippen LogP contribution < -0.4 is 5.73 Å². The van der Waals surface area contributed by atoms with Gasteiger partial charge in [-0.3, -0.25) is 0 Å². The van der Waals surface area contributed by atoms with Crippen LogP contribution in [0.3, 0.4) is 0 Å². The number of rotatable bonds is 7. The lowest BCUT2D eigenvalue weighted by atomic mass is 10.2. The largest absolute Gasteiger partial charge is 0.411 e. The third-order valence-electron chi connectivity index (χ3n) is 1.51. The summed E-state index contributed by atoms with van der Waals surface area (Å²) in [5, 5.41) is 0. The van der Waals surface area contributed by atoms with Crippen molar-refractivity contribution in [2.24, 2.45) is 5.73 Å². The highest BCUT2D eigenvalue weighted by Crippen LogP contribution is 2.14. The van der Waals surface area contributed by atoms with Crippen molar-refractivity contribution >= 4 is 0 Å². The molecule has 0 unspecified atom stereocenters. The maximum atomic E-state index is 11.5. The Balaban J connectivity index is 3.00. The van der Waals surface area contributed by atoms with Crippen molar-refractivity contribution in [3.8, 4) is 0 Å². The summed E-state index contributed by atoms with van der Waals surface area (Å²) in [4.78, 5) is 0. The molecule has 0 aliphatic rings. The zero-order valence-electron chi connectivity index (χ0n) is 7.57. The normalized spacial score (nSPS) is 12.0. The molecule has 13 heavy (non-hydrogen) atoms. The Hall–Kier alpha value is -0.290. The molecule has 0 aromatic rings. The van der Waals surface area contributed by atoms with E-state index in [1.54, 1.807) is 0 Å². The van der Waals surface area contributed by atoms with E-state index in [9.17, 15) is 13.2 Å². The summed E-state index contributed by atoms with van der Waals surface area (Å²) in [6.45, 7) is -0.308. The number of unbranched alkanes of at least 4 members (excludes halogenated alkanes) is 3. The molecule has 5 heteroatoms. The van der Waals surface area contributed by atoms with E-state index in [0.717, 1.165) is 19.3 Å². The number of hydrogen-bond donors (Lipinski definition) is 1. The Morgan fingerprint density at radius 3 is 2.15 bits per heavy atom. The van der Waals surface area contributed by atoms with Gasteiger partial charge in [0.15, 0.2) is 0 Å². The summed E-state index contributed by atoms with van der Waals surface area (Å²) >= 11 is 0. The van der Waals surface area contributed by atoms with Gasteiger partial charge < -0.3 is 10.5 Å². The molecular formula is C8H16F3NO. The molecule has 0 saturated carbocycles. The highest BCUT2D eigenvalue weighted by atomic mass is 19.4. The molecular weight excluding hydrogens is 183 g/mol. The maximum absolute atomic E-state index is 11.5. The second-order valence-electron chi connectivity index (χ2n) is 2.87. The third-order valence-corrected chi connectivity index (χ3v) is 1.51. The van der Waals surface area contributed by atoms with E-state index in [4.69, 9.17) is 5.73 Å². The average molecular weight is 199 g/mol. The van der Waals surface area contributed by atoms with Crippen molar-refractivity contribution in [1.82, 2.24) is 0 Å². The van der Waals surface area contributed by atoms with Crippen molar-refractivity contribution in [2.45, 2.75) is 31.9 Å². The molecule has 0 radical (unpaired) electrons. The summed E-state index contributed by atoms with van der Waals surface area (Å²) in [6, 6.07) is 0. The van der Waals surface area contributed by atoms with Crippen molar-refractivity contribution in [1.29, 1.82) is 0 Å². The van der Waals surface area contributed by atoms with Gasteiger partial charge in [-0.1, -0.05) is 12.8 Å². The van der Waals surface area contributed by atoms with Crippen LogP contribution in [0.25, 0.3) is 0 Å². The zero-order valence-corrected chi connectivity index (χ0v) is 7.57. The molecule has 2 nitrogen and oxygen atoms in total. The lowest BCUT2D eigenvalue weighted by Crippen LogP contribution is -2.17. The molecule has 0 saturated heterocycles. The topological polar surface area (TPSA) is 35.2 Å². The fourth-order valence-electron chi connectivity index (χ4n) is 0.890. The van der Waals surface area contributed by atoms with E-state index >= 15 is 0 Å². The van der Waals surface area contributed by atoms with Gasteiger partial charge in [0.25, 0.3) is 0 Å². The van der Waals surface area contributed by atoms with Crippen LogP contribution in [0.1, 0.15) is 25.7 Å². The second-order valence-corrected chi connectivity index (χ2v) is 2.87. The molecule has 0 aromatic carbocycles. The second kappa shape index (κ2) is 7.15. The van der Waals surface area contributed by atoms with Gasteiger partial charge in [0.1, 0.15) is 6.61 Å². The lowest BCUT2D eigenvalue weighted by Gasteiger charge is -2.06. The molecule has 0 amide bonds. The van der Waals surface area contributed by atoms with Crippen molar-refractivity contribution in [3.05, 3.63) is 0 Å². The van der Waals surface area contributed by atoms with Crippen molar-refractivity contribution < 1.29 is 17.9 Å². The summed E-state index contributed by atoms with van der Waals surface area (Å²) in [6.07, 6.45) is -0.743. The van der Waals surface area contributed by atoms with Crippen molar-refractivity contribution in [2.75, 3.05) is 19.8 Å². The van der Waals surface area contributed by atoms with Crippen LogP contribution in [0.15, 0.2) is 0 Å². The van der Waals surface area contributed by atoms with Gasteiger partial charge in [0.2, 0.25) is 0 Å². The van der Waals surface area contributed by atoms with Crippen LogP contribution in [0, 0.1) is 0 Å². The molecule has 0 aliphatic heterocycles. The van der Waals surface area contributed by atoms with Gasteiger partial charge in [-0.25, -0.2) is 0 Å². The van der Waals surface area contributed by atoms with Gasteiger partial charge in [-0.05, 0) is 19.4 Å². The summed E-state index contributed by atoms with van der Waals surface area (Å²) in [5.41, 5.74) is 5.25. The Labute approximate surface area is 76.2 Å². The van der Waals surface area contributed by atoms with Crippen LogP contribution in [-0.2, 0) is 4.74 Å². The molecule has 0 rings (SSSR count). The minimum absolute atomic E-state index is 0.185. The SMILES string of the molecule is NCCCCCCOCC(F)(F)F. The maximum Gasteiger partial charge on any atom is 0.411 e. The third kappa shape index (κ3) is 11.7. The summed E-state index contributed by atoms with van der Waals surface area (Å²) < 4.78 is 39.1. The Morgan fingerprint density at radius 2 is 1.62 bits per heavy atom. The number of hydrogen-bond acceptors (Lipinski definition) is 2. The summed E-state index contributed by atoms with van der Waals surface area (Å²) in [5.74, 6) is 0. The van der Waals surface area contributed by atoms with Gasteiger partial charge in [0, 0.05) is 6.61 Å². The predicted molar refractivity (Wildman–Crippen MR) is 44.4 cm³/mol. The average Bonchev–Trinajstić information content (AvgIpc) is 2.01. The van der Waals surface area contributed by atoms with Crippen LogP contribution in [0.4, 0.5) is 13.2 Å². The smallest absolute Gasteiger partial charge is 0.372 e. The van der Waals surface area contributed by atoms with Crippen LogP contribution in [0.5, 0.6) is 0 Å². The van der Waals surface area contributed by atoms with E-state index in [1.165, 1.54) is 0 Å². The standard InChI is InChI=1S/C8H16F3NO/c9-8(10,11)7-13-6-4-2-1-3-5-12/h1-7,12H2. The quantitative estimate of drug-likeness (QED) is 0.637. The van der Waals surface area contributed by atoms with E-state index in [-0.39, 0.29) is 6.61 Å². The molecule has 0 spiro atoms. The Morgan fingerprint density at radius 1 is 1.00 bits per heavy atom. The molecule has 0 heterocycles. The Bertz CT molecular complexity index is 116. The van der Waals surface area contributed by atoms with E-state index in [2.05, 4.69) is 4.74 Å². The number of halogens is 3. The zero-order chi connectivity index (χ0) is 10.2. The molecule has 0 aromatic heterocycles. The first-order valence-corrected chi connectivity index (χ1v) is 4.41. The molecule has 2 N–H and O–H groups in total. The van der Waals surface area contributed by atoms with Crippen molar-refractivity contribution in [3.63, 3.8) is 0 Å². The monoisotopic (exact) mass is 199 g/mol. The fourth-order valence-corrected chi connectivity index (χ4v) is 0.890. The Kier molecular flexibility index (Phi) is 6.99. The first-order valence-electron chi connectivity index (χ1n) is 4.41. The molecule has 0 atom stereocenters. The van der Waals surface area contributed by atoms with E-state index in [0.29, 0.717) is 13.0 Å². The van der Waals surface area contributed by atoms with Gasteiger partial charge in [0.05, 0.1) is 0 Å². The minimum atomic E-state index is -4.20. The van der Waals surface area contributed by atoms with E-state index in [1.807, 2.05) is 0 Å². The number of alkyl halides is 3. The van der Waals surface area contributed by atoms with Gasteiger partial charge in [-0.2, -0.15) is 13.2 Å². The van der Waals surface area contributed by atoms with Crippen LogP contribution >= 0.6 is 0 Å². The highest BCUT2D eigenvalue weighted by Gasteiger charge is 2.26. The van der Waals surface area contributed by atoms with Crippen LogP contribution in [0.2, 0.25) is 0 Å². The predicted octanol–water partition coefficient (Wildman–Crippen LogP) is 2.08. The van der Waals surface area contributed by atoms with E-state index < -0.39 is 12.8 Å². The number of ether oxygens (including phenoxy) is 1.